The van der Waals surface area contributed by atoms with E-state index < -0.39 is 11.6 Å². The fraction of sp³-hybridized carbons (Fsp3) is 0.556. The van der Waals surface area contributed by atoms with Crippen molar-refractivity contribution in [2.45, 2.75) is 52.2 Å². The van der Waals surface area contributed by atoms with Crippen LogP contribution in [-0.2, 0) is 4.79 Å². The van der Waals surface area contributed by atoms with Crippen LogP contribution in [-0.4, -0.2) is 35.1 Å². The van der Waals surface area contributed by atoms with Crippen LogP contribution in [0.1, 0.15) is 50.9 Å². The van der Waals surface area contributed by atoms with Crippen LogP contribution in [0.25, 0.3) is 0 Å². The van der Waals surface area contributed by atoms with Crippen molar-refractivity contribution in [1.29, 1.82) is 0 Å². The van der Waals surface area contributed by atoms with Crippen molar-refractivity contribution in [3.8, 4) is 0 Å². The number of amides is 2. The smallest absolute Gasteiger partial charge is 0.251 e. The van der Waals surface area contributed by atoms with Crippen LogP contribution in [0.3, 0.4) is 0 Å². The first kappa shape index (κ1) is 19.2. The Morgan fingerprint density at radius 2 is 1.83 bits per heavy atom. The van der Waals surface area contributed by atoms with Crippen LogP contribution in [0, 0.1) is 5.92 Å². The molecule has 0 bridgehead atoms. The molecule has 1 aromatic rings. The third-order valence-electron chi connectivity index (χ3n) is 4.22. The molecular weight excluding hydrogens is 292 g/mol. The van der Waals surface area contributed by atoms with Crippen molar-refractivity contribution in [1.82, 2.24) is 10.6 Å². The average Bonchev–Trinajstić information content (AvgIpc) is 2.57. The number of nitrogens with one attached hydrogen (secondary N) is 2. The van der Waals surface area contributed by atoms with Crippen molar-refractivity contribution in [3.05, 3.63) is 35.9 Å². The fourth-order valence-electron chi connectivity index (χ4n) is 2.03. The standard InChI is InChI=1S/C18H28N2O3/c1-5-13(3)15(17(22)19-12-18(4,23)6-2)20-16(21)14-10-8-7-9-11-14/h7-11,13,15,23H,5-6,12H2,1-4H3,(H,19,22)(H,20,21). The number of benzene rings is 1. The van der Waals surface area contributed by atoms with Gasteiger partial charge in [-0.15, -0.1) is 0 Å². The lowest BCUT2D eigenvalue weighted by Crippen LogP contribution is -2.52. The molecule has 5 nitrogen and oxygen atoms in total. The molecule has 0 spiro atoms. The number of hydrogen-bond acceptors (Lipinski definition) is 3. The number of aliphatic hydroxyl groups is 1. The minimum absolute atomic E-state index is 0.00534. The summed E-state index contributed by atoms with van der Waals surface area (Å²) in [5.74, 6) is -0.542. The van der Waals surface area contributed by atoms with Gasteiger partial charge in [0.05, 0.1) is 5.60 Å². The van der Waals surface area contributed by atoms with Gasteiger partial charge in [-0.05, 0) is 31.4 Å². The Kier molecular flexibility index (Phi) is 7.23. The molecule has 1 aromatic carbocycles. The van der Waals surface area contributed by atoms with Crippen LogP contribution in [0.2, 0.25) is 0 Å². The maximum Gasteiger partial charge on any atom is 0.251 e. The first-order valence-corrected chi connectivity index (χ1v) is 8.16. The van der Waals surface area contributed by atoms with E-state index in [1.54, 1.807) is 31.2 Å². The van der Waals surface area contributed by atoms with Crippen molar-refractivity contribution < 1.29 is 14.7 Å². The van der Waals surface area contributed by atoms with Gasteiger partial charge in [-0.25, -0.2) is 0 Å². The van der Waals surface area contributed by atoms with E-state index in [-0.39, 0.29) is 24.3 Å². The molecule has 2 amide bonds. The third kappa shape index (κ3) is 6.02. The second-order valence-corrected chi connectivity index (χ2v) is 6.27. The Balaban J connectivity index is 2.76. The minimum atomic E-state index is -0.945. The third-order valence-corrected chi connectivity index (χ3v) is 4.22. The van der Waals surface area contributed by atoms with Gasteiger partial charge in [0.25, 0.3) is 5.91 Å². The summed E-state index contributed by atoms with van der Waals surface area (Å²) in [6.45, 7) is 7.59. The van der Waals surface area contributed by atoms with Crippen LogP contribution in [0.4, 0.5) is 0 Å². The summed E-state index contributed by atoms with van der Waals surface area (Å²) in [5, 5.41) is 15.6. The van der Waals surface area contributed by atoms with Gasteiger partial charge in [0.15, 0.2) is 0 Å². The van der Waals surface area contributed by atoms with Crippen LogP contribution in [0.15, 0.2) is 30.3 Å². The molecule has 0 heterocycles. The van der Waals surface area contributed by atoms with Crippen molar-refractivity contribution in [2.24, 2.45) is 5.92 Å². The molecule has 0 aliphatic carbocycles. The molecular formula is C18H28N2O3. The Labute approximate surface area is 138 Å². The molecule has 0 aromatic heterocycles. The van der Waals surface area contributed by atoms with Gasteiger partial charge >= 0.3 is 0 Å². The fourth-order valence-corrected chi connectivity index (χ4v) is 2.03. The lowest BCUT2D eigenvalue weighted by Gasteiger charge is -2.27. The maximum absolute atomic E-state index is 12.4. The summed E-state index contributed by atoms with van der Waals surface area (Å²) >= 11 is 0. The van der Waals surface area contributed by atoms with Gasteiger partial charge in [0.1, 0.15) is 6.04 Å². The first-order valence-electron chi connectivity index (χ1n) is 8.16. The van der Waals surface area contributed by atoms with E-state index in [0.29, 0.717) is 12.0 Å². The number of carbonyl (C=O) groups is 2. The van der Waals surface area contributed by atoms with E-state index in [9.17, 15) is 14.7 Å². The van der Waals surface area contributed by atoms with Crippen molar-refractivity contribution in [2.75, 3.05) is 6.54 Å². The zero-order valence-corrected chi connectivity index (χ0v) is 14.4. The highest BCUT2D eigenvalue weighted by Crippen LogP contribution is 2.11. The lowest BCUT2D eigenvalue weighted by atomic mass is 9.97. The van der Waals surface area contributed by atoms with E-state index >= 15 is 0 Å². The predicted octanol–water partition coefficient (Wildman–Crippen LogP) is 2.11. The average molecular weight is 320 g/mol. The van der Waals surface area contributed by atoms with Crippen molar-refractivity contribution >= 4 is 11.8 Å². The normalized spacial score (nSPS) is 16.0. The molecule has 0 aliphatic heterocycles. The largest absolute Gasteiger partial charge is 0.388 e. The minimum Gasteiger partial charge on any atom is -0.388 e. The summed E-state index contributed by atoms with van der Waals surface area (Å²) < 4.78 is 0. The highest BCUT2D eigenvalue weighted by Gasteiger charge is 2.28. The molecule has 0 radical (unpaired) electrons. The SMILES string of the molecule is CCC(C)C(NC(=O)c1ccccc1)C(=O)NCC(C)(O)CC. The highest BCUT2D eigenvalue weighted by atomic mass is 16.3. The Bertz CT molecular complexity index is 514. The zero-order valence-electron chi connectivity index (χ0n) is 14.4. The van der Waals surface area contributed by atoms with Gasteiger partial charge in [-0.1, -0.05) is 45.4 Å². The molecule has 23 heavy (non-hydrogen) atoms. The highest BCUT2D eigenvalue weighted by molar-refractivity contribution is 5.97. The summed E-state index contributed by atoms with van der Waals surface area (Å²) in [4.78, 5) is 24.7. The lowest BCUT2D eigenvalue weighted by molar-refractivity contribution is -0.125. The van der Waals surface area contributed by atoms with Crippen LogP contribution in [0.5, 0.6) is 0 Å². The monoisotopic (exact) mass is 320 g/mol. The quantitative estimate of drug-likeness (QED) is 0.686. The molecule has 128 valence electrons. The van der Waals surface area contributed by atoms with E-state index in [2.05, 4.69) is 10.6 Å². The van der Waals surface area contributed by atoms with Gasteiger partial charge in [0.2, 0.25) is 5.91 Å². The number of rotatable bonds is 8. The summed E-state index contributed by atoms with van der Waals surface area (Å²) in [7, 11) is 0. The first-order chi connectivity index (χ1) is 10.8. The van der Waals surface area contributed by atoms with E-state index in [1.807, 2.05) is 26.8 Å². The molecule has 1 rings (SSSR count). The molecule has 0 saturated carbocycles. The summed E-state index contributed by atoms with van der Waals surface area (Å²) in [6, 6.07) is 8.20. The van der Waals surface area contributed by atoms with Gasteiger partial charge < -0.3 is 15.7 Å². The van der Waals surface area contributed by atoms with E-state index in [1.165, 1.54) is 0 Å². The predicted molar refractivity (Wildman–Crippen MR) is 91.1 cm³/mol. The Morgan fingerprint density at radius 3 is 2.35 bits per heavy atom. The second kappa shape index (κ2) is 8.67. The van der Waals surface area contributed by atoms with Crippen LogP contribution >= 0.6 is 0 Å². The number of carbonyl (C=O) groups excluding carboxylic acids is 2. The molecule has 0 fully saturated rings. The molecule has 5 heteroatoms. The van der Waals surface area contributed by atoms with E-state index in [4.69, 9.17) is 0 Å². The van der Waals surface area contributed by atoms with Crippen LogP contribution < -0.4 is 10.6 Å². The second-order valence-electron chi connectivity index (χ2n) is 6.27. The van der Waals surface area contributed by atoms with Gasteiger partial charge in [0, 0.05) is 12.1 Å². The van der Waals surface area contributed by atoms with E-state index in [0.717, 1.165) is 6.42 Å². The Morgan fingerprint density at radius 1 is 1.22 bits per heavy atom. The Hall–Kier alpha value is -1.88. The maximum atomic E-state index is 12.4. The molecule has 3 N–H and O–H groups in total. The van der Waals surface area contributed by atoms with Gasteiger partial charge in [-0.2, -0.15) is 0 Å². The molecule has 3 unspecified atom stereocenters. The number of hydrogen-bond donors (Lipinski definition) is 3. The summed E-state index contributed by atoms with van der Waals surface area (Å²) in [5.41, 5.74) is -0.423. The zero-order chi connectivity index (χ0) is 17.5. The molecule has 0 aliphatic rings. The molecule has 3 atom stereocenters. The van der Waals surface area contributed by atoms with Crippen molar-refractivity contribution in [3.63, 3.8) is 0 Å². The topological polar surface area (TPSA) is 78.4 Å². The molecule has 0 saturated heterocycles. The van der Waals surface area contributed by atoms with Gasteiger partial charge in [-0.3, -0.25) is 9.59 Å². The summed E-state index contributed by atoms with van der Waals surface area (Å²) in [6.07, 6.45) is 1.30.